The predicted molar refractivity (Wildman–Crippen MR) is 43.9 cm³/mol. The second-order valence-corrected chi connectivity index (χ2v) is 3.31. The van der Waals surface area contributed by atoms with Gasteiger partial charge in [0.2, 0.25) is 0 Å². The highest BCUT2D eigenvalue weighted by Crippen LogP contribution is 2.25. The molecule has 0 unspecified atom stereocenters. The van der Waals surface area contributed by atoms with E-state index in [-0.39, 0.29) is 20.2 Å². The summed E-state index contributed by atoms with van der Waals surface area (Å²) in [5.41, 5.74) is 0. The largest absolute Gasteiger partial charge is 0.479 e. The first kappa shape index (κ1) is 10.8. The molecule has 4 atom stereocenters. The fourth-order valence-electron chi connectivity index (χ4n) is 1.72. The van der Waals surface area contributed by atoms with Crippen molar-refractivity contribution >= 4 is 5.97 Å². The van der Waals surface area contributed by atoms with E-state index in [2.05, 4.69) is 0 Å². The number of rotatable bonds is 2. The molecule has 2 saturated heterocycles. The highest BCUT2D eigenvalue weighted by atomic mass is 16.8. The van der Waals surface area contributed by atoms with E-state index in [0.717, 1.165) is 0 Å². The Balaban J connectivity index is 2.11. The second kappa shape index (κ2) is 4.42. The van der Waals surface area contributed by atoms with E-state index in [9.17, 15) is 4.79 Å². The van der Waals surface area contributed by atoms with Gasteiger partial charge >= 0.3 is 5.97 Å². The van der Waals surface area contributed by atoms with Gasteiger partial charge in [-0.15, -0.1) is 0 Å². The first-order valence-electron chi connectivity index (χ1n) is 4.54. The molecular weight excluding hydrogens is 208 g/mol. The first-order chi connectivity index (χ1) is 7.24. The molecule has 2 N–H and O–H groups in total. The van der Waals surface area contributed by atoms with Gasteiger partial charge in [-0.3, -0.25) is 0 Å². The lowest BCUT2D eigenvalue weighted by molar-refractivity contribution is -0.322. The van der Waals surface area contributed by atoms with E-state index < -0.39 is 30.4 Å². The summed E-state index contributed by atoms with van der Waals surface area (Å²) in [7, 11) is 0. The fraction of sp³-hybridized carbons (Fsp3) is 0.875. The highest BCUT2D eigenvalue weighted by Gasteiger charge is 2.46. The molecule has 2 fully saturated rings. The third-order valence-corrected chi connectivity index (χ3v) is 2.46. The summed E-state index contributed by atoms with van der Waals surface area (Å²) in [6, 6.07) is 0. The lowest BCUT2D eigenvalue weighted by atomic mass is 10.0. The summed E-state index contributed by atoms with van der Waals surface area (Å²) in [4.78, 5) is 10.8. The average Bonchev–Trinajstić information content (AvgIpc) is 2.27. The Bertz CT molecular complexity index is 243. The molecule has 0 bridgehead atoms. The van der Waals surface area contributed by atoms with Crippen molar-refractivity contribution < 1.29 is 34.0 Å². The van der Waals surface area contributed by atoms with Crippen LogP contribution in [-0.4, -0.2) is 60.8 Å². The third-order valence-electron chi connectivity index (χ3n) is 2.46. The number of fused-ring (bicyclic) bond motifs is 1. The van der Waals surface area contributed by atoms with Crippen LogP contribution >= 0.6 is 0 Å². The van der Waals surface area contributed by atoms with Crippen molar-refractivity contribution in [2.24, 2.45) is 0 Å². The minimum atomic E-state index is -1.10. The summed E-state index contributed by atoms with van der Waals surface area (Å²) in [6.45, 7) is -0.443. The molecule has 15 heavy (non-hydrogen) atoms. The molecule has 7 nitrogen and oxygen atoms in total. The topological polar surface area (TPSA) is 94.5 Å². The van der Waals surface area contributed by atoms with Gasteiger partial charge in [-0.05, 0) is 0 Å². The minimum absolute atomic E-state index is 0.0666. The number of carbonyl (C=O) groups is 1. The number of aliphatic hydroxyl groups is 1. The molecule has 2 rings (SSSR count). The Morgan fingerprint density at radius 1 is 1.13 bits per heavy atom. The molecule has 7 heteroatoms. The maximum absolute atomic E-state index is 10.8. The molecule has 0 aromatic carbocycles. The van der Waals surface area contributed by atoms with Gasteiger partial charge < -0.3 is 29.2 Å². The summed E-state index contributed by atoms with van der Waals surface area (Å²) in [5.74, 6) is -1.10. The number of hydrogen-bond donors (Lipinski definition) is 2. The molecule has 0 aromatic heterocycles. The van der Waals surface area contributed by atoms with E-state index >= 15 is 0 Å². The number of carboxylic acid groups (broad SMARTS) is 1. The van der Waals surface area contributed by atoms with Gasteiger partial charge in [0.15, 0.2) is 6.10 Å². The molecule has 0 saturated carbocycles. The lowest BCUT2D eigenvalue weighted by Gasteiger charge is -2.42. The van der Waals surface area contributed by atoms with Crippen LogP contribution < -0.4 is 0 Å². The number of aliphatic hydroxyl groups excluding tert-OH is 1. The highest BCUT2D eigenvalue weighted by molar-refractivity contribution is 5.73. The zero-order valence-electron chi connectivity index (χ0n) is 7.87. The molecule has 2 heterocycles. The molecule has 0 amide bonds. The Morgan fingerprint density at radius 2 is 1.80 bits per heavy atom. The molecule has 0 aromatic rings. The monoisotopic (exact) mass is 220 g/mol. The second-order valence-electron chi connectivity index (χ2n) is 3.31. The summed E-state index contributed by atoms with van der Waals surface area (Å²) in [6.07, 6.45) is -2.96. The van der Waals surface area contributed by atoms with Crippen LogP contribution in [0.3, 0.4) is 0 Å². The Kier molecular flexibility index (Phi) is 3.17. The Labute approximate surface area is 85.5 Å². The predicted octanol–water partition coefficient (Wildman–Crippen LogP) is -1.45. The summed E-state index contributed by atoms with van der Waals surface area (Å²) < 4.78 is 20.3. The van der Waals surface area contributed by atoms with E-state index in [1.807, 2.05) is 0 Å². The quantitative estimate of drug-likeness (QED) is 0.587. The molecule has 86 valence electrons. The van der Waals surface area contributed by atoms with Crippen LogP contribution in [0.2, 0.25) is 0 Å². The smallest absolute Gasteiger partial charge is 0.335 e. The van der Waals surface area contributed by atoms with Gasteiger partial charge in [0.05, 0.1) is 6.61 Å². The van der Waals surface area contributed by atoms with Crippen LogP contribution in [0.25, 0.3) is 0 Å². The van der Waals surface area contributed by atoms with Crippen LogP contribution in [-0.2, 0) is 23.7 Å². The van der Waals surface area contributed by atoms with Gasteiger partial charge in [0, 0.05) is 0 Å². The number of hydrogen-bond acceptors (Lipinski definition) is 6. The van der Waals surface area contributed by atoms with Crippen molar-refractivity contribution in [3.05, 3.63) is 0 Å². The van der Waals surface area contributed by atoms with Crippen LogP contribution in [0, 0.1) is 0 Å². The van der Waals surface area contributed by atoms with Crippen LogP contribution in [0.15, 0.2) is 0 Å². The third kappa shape index (κ3) is 1.97. The number of carboxylic acids is 1. The van der Waals surface area contributed by atoms with E-state index in [4.69, 9.17) is 29.2 Å². The van der Waals surface area contributed by atoms with Gasteiger partial charge in [-0.1, -0.05) is 0 Å². The zero-order valence-corrected chi connectivity index (χ0v) is 7.87. The van der Waals surface area contributed by atoms with Crippen molar-refractivity contribution in [2.75, 3.05) is 20.2 Å². The van der Waals surface area contributed by atoms with E-state index in [1.54, 1.807) is 0 Å². The van der Waals surface area contributed by atoms with Crippen molar-refractivity contribution in [1.82, 2.24) is 0 Å². The SMILES string of the molecule is O=C(O)[C@@H]1OCO[C@@H]2[C@H]1OCO[C@H]2CO. The van der Waals surface area contributed by atoms with Crippen molar-refractivity contribution in [1.29, 1.82) is 0 Å². The van der Waals surface area contributed by atoms with Gasteiger partial charge in [0.1, 0.15) is 31.9 Å². The Hall–Kier alpha value is -0.730. The first-order valence-corrected chi connectivity index (χ1v) is 4.54. The molecule has 2 aliphatic rings. The van der Waals surface area contributed by atoms with Crippen LogP contribution in [0.4, 0.5) is 0 Å². The number of aliphatic carboxylic acids is 1. The summed E-state index contributed by atoms with van der Waals surface area (Å²) >= 11 is 0. The number of ether oxygens (including phenoxy) is 4. The van der Waals surface area contributed by atoms with Crippen molar-refractivity contribution in [3.8, 4) is 0 Å². The molecule has 0 aliphatic carbocycles. The summed E-state index contributed by atoms with van der Waals surface area (Å²) in [5, 5.41) is 17.9. The average molecular weight is 220 g/mol. The molecule has 0 spiro atoms. The van der Waals surface area contributed by atoms with Gasteiger partial charge in [-0.2, -0.15) is 0 Å². The van der Waals surface area contributed by atoms with Gasteiger partial charge in [-0.25, -0.2) is 4.79 Å². The normalized spacial score (nSPS) is 40.9. The van der Waals surface area contributed by atoms with E-state index in [0.29, 0.717) is 0 Å². The van der Waals surface area contributed by atoms with Crippen molar-refractivity contribution in [3.63, 3.8) is 0 Å². The van der Waals surface area contributed by atoms with E-state index in [1.165, 1.54) is 0 Å². The molecule has 2 aliphatic heterocycles. The molecule has 0 radical (unpaired) electrons. The lowest BCUT2D eigenvalue weighted by Crippen LogP contribution is -2.59. The maximum atomic E-state index is 10.8. The fourth-order valence-corrected chi connectivity index (χ4v) is 1.72. The van der Waals surface area contributed by atoms with Crippen molar-refractivity contribution in [2.45, 2.75) is 24.4 Å². The standard InChI is InChI=1S/C8H12O7/c9-1-4-5-6(14-2-12-4)7(8(10)11)15-3-13-5/h4-7,9H,1-3H2,(H,10,11)/t4-,5-,6+,7+/m0/s1. The minimum Gasteiger partial charge on any atom is -0.479 e. The van der Waals surface area contributed by atoms with Crippen LogP contribution in [0.5, 0.6) is 0 Å². The van der Waals surface area contributed by atoms with Crippen LogP contribution in [0.1, 0.15) is 0 Å². The molecular formula is C8H12O7. The Morgan fingerprint density at radius 3 is 2.47 bits per heavy atom. The van der Waals surface area contributed by atoms with Gasteiger partial charge in [0.25, 0.3) is 0 Å². The zero-order chi connectivity index (χ0) is 10.8. The maximum Gasteiger partial charge on any atom is 0.335 e.